The van der Waals surface area contributed by atoms with Crippen LogP contribution in [0.1, 0.15) is 30.1 Å². The van der Waals surface area contributed by atoms with Gasteiger partial charge in [-0.1, -0.05) is 15.9 Å². The van der Waals surface area contributed by atoms with Crippen LogP contribution in [0.5, 0.6) is 0 Å². The van der Waals surface area contributed by atoms with E-state index in [1.165, 1.54) is 4.90 Å². The quantitative estimate of drug-likeness (QED) is 0.880. The Balaban J connectivity index is 2.18. The third kappa shape index (κ3) is 3.07. The molecule has 1 aromatic carbocycles. The van der Waals surface area contributed by atoms with Crippen molar-refractivity contribution in [2.45, 2.75) is 19.8 Å². The lowest BCUT2D eigenvalue weighted by atomic mass is 9.80. The number of halogens is 3. The van der Waals surface area contributed by atoms with Gasteiger partial charge >= 0.3 is 5.97 Å². The van der Waals surface area contributed by atoms with Gasteiger partial charge < -0.3 is 10.0 Å². The topological polar surface area (TPSA) is 57.6 Å². The zero-order valence-corrected chi connectivity index (χ0v) is 12.9. The number of amides is 1. The Bertz CT molecular complexity index is 575. The zero-order valence-electron chi connectivity index (χ0n) is 11.3. The van der Waals surface area contributed by atoms with Gasteiger partial charge in [-0.05, 0) is 31.9 Å². The smallest absolute Gasteiger partial charge is 0.309 e. The largest absolute Gasteiger partial charge is 0.481 e. The molecule has 0 saturated carbocycles. The first-order valence-electron chi connectivity index (χ1n) is 6.42. The molecule has 1 aromatic rings. The highest BCUT2D eigenvalue weighted by Gasteiger charge is 2.38. The first-order chi connectivity index (χ1) is 9.74. The number of carboxylic acid groups (broad SMARTS) is 1. The average Bonchev–Trinajstić information content (AvgIpc) is 2.38. The molecule has 1 N–H and O–H groups in total. The number of nitrogens with zero attached hydrogens (tertiary/aromatic N) is 1. The molecule has 0 aromatic heterocycles. The number of carbonyl (C=O) groups excluding carboxylic acids is 1. The Hall–Kier alpha value is -1.50. The summed E-state index contributed by atoms with van der Waals surface area (Å²) in [6.45, 7) is 1.94. The minimum absolute atomic E-state index is 0.163. The minimum Gasteiger partial charge on any atom is -0.481 e. The highest BCUT2D eigenvalue weighted by molar-refractivity contribution is 9.10. The number of rotatable bonds is 2. The van der Waals surface area contributed by atoms with E-state index in [1.807, 2.05) is 0 Å². The van der Waals surface area contributed by atoms with Crippen molar-refractivity contribution in [3.05, 3.63) is 33.8 Å². The fourth-order valence-corrected chi connectivity index (χ4v) is 2.72. The van der Waals surface area contributed by atoms with E-state index in [0.29, 0.717) is 0 Å². The number of hydrogen-bond donors (Lipinski definition) is 1. The van der Waals surface area contributed by atoms with Crippen molar-refractivity contribution in [3.8, 4) is 0 Å². The molecule has 114 valence electrons. The molecule has 0 radical (unpaired) electrons. The maximum Gasteiger partial charge on any atom is 0.309 e. The molecule has 0 spiro atoms. The fraction of sp³-hybridized carbons (Fsp3) is 0.429. The third-order valence-electron chi connectivity index (χ3n) is 3.89. The SMILES string of the molecule is CC1(C(=O)O)CCN(C(=O)c2c(F)cc(Br)cc2F)CC1. The Morgan fingerprint density at radius 2 is 1.71 bits per heavy atom. The second kappa shape index (κ2) is 5.71. The van der Waals surface area contributed by atoms with E-state index >= 15 is 0 Å². The van der Waals surface area contributed by atoms with Gasteiger partial charge in [0.2, 0.25) is 0 Å². The standard InChI is InChI=1S/C14H14BrF2NO3/c1-14(13(20)21)2-4-18(5-3-14)12(19)11-9(16)6-8(15)7-10(11)17/h6-7H,2-5H2,1H3,(H,20,21). The molecular weight excluding hydrogens is 348 g/mol. The van der Waals surface area contributed by atoms with Crippen LogP contribution in [0.25, 0.3) is 0 Å². The van der Waals surface area contributed by atoms with Gasteiger partial charge in [-0.25, -0.2) is 8.78 Å². The summed E-state index contributed by atoms with van der Waals surface area (Å²) in [6, 6.07) is 2.06. The van der Waals surface area contributed by atoms with E-state index < -0.39 is 34.5 Å². The van der Waals surface area contributed by atoms with Gasteiger partial charge in [-0.3, -0.25) is 9.59 Å². The van der Waals surface area contributed by atoms with E-state index in [9.17, 15) is 18.4 Å². The van der Waals surface area contributed by atoms with Crippen molar-refractivity contribution in [1.82, 2.24) is 4.90 Å². The van der Waals surface area contributed by atoms with Crippen LogP contribution in [0.2, 0.25) is 0 Å². The first-order valence-corrected chi connectivity index (χ1v) is 7.21. The van der Waals surface area contributed by atoms with Crippen LogP contribution in [-0.4, -0.2) is 35.0 Å². The van der Waals surface area contributed by atoms with E-state index in [1.54, 1.807) is 6.92 Å². The summed E-state index contributed by atoms with van der Waals surface area (Å²) >= 11 is 2.95. The number of aliphatic carboxylic acids is 1. The van der Waals surface area contributed by atoms with Crippen molar-refractivity contribution in [1.29, 1.82) is 0 Å². The van der Waals surface area contributed by atoms with Crippen molar-refractivity contribution < 1.29 is 23.5 Å². The molecule has 1 fully saturated rings. The van der Waals surface area contributed by atoms with E-state index in [0.717, 1.165) is 12.1 Å². The van der Waals surface area contributed by atoms with Crippen LogP contribution < -0.4 is 0 Å². The summed E-state index contributed by atoms with van der Waals surface area (Å²) in [6.07, 6.45) is 0.516. The summed E-state index contributed by atoms with van der Waals surface area (Å²) in [4.78, 5) is 24.6. The Morgan fingerprint density at radius 3 is 2.14 bits per heavy atom. The summed E-state index contributed by atoms with van der Waals surface area (Å²) in [5.41, 5.74) is -1.50. The molecule has 4 nitrogen and oxygen atoms in total. The molecular formula is C14H14BrF2NO3. The normalized spacial score (nSPS) is 17.6. The molecule has 1 heterocycles. The highest BCUT2D eigenvalue weighted by Crippen LogP contribution is 2.32. The van der Waals surface area contributed by atoms with Crippen molar-refractivity contribution in [2.75, 3.05) is 13.1 Å². The van der Waals surface area contributed by atoms with Gasteiger partial charge in [-0.15, -0.1) is 0 Å². The molecule has 1 saturated heterocycles. The second-order valence-corrected chi connectivity index (χ2v) is 6.32. The summed E-state index contributed by atoms with van der Waals surface area (Å²) < 4.78 is 27.8. The van der Waals surface area contributed by atoms with Crippen molar-refractivity contribution in [3.63, 3.8) is 0 Å². The number of likely N-dealkylation sites (tertiary alicyclic amines) is 1. The van der Waals surface area contributed by atoms with E-state index in [4.69, 9.17) is 5.11 Å². The van der Waals surface area contributed by atoms with Gasteiger partial charge in [0.1, 0.15) is 17.2 Å². The molecule has 21 heavy (non-hydrogen) atoms. The summed E-state index contributed by atoms with van der Waals surface area (Å²) in [5, 5.41) is 9.13. The number of piperidine rings is 1. The number of carboxylic acids is 1. The lowest BCUT2D eigenvalue weighted by Gasteiger charge is -2.36. The number of benzene rings is 1. The predicted octanol–water partition coefficient (Wildman–Crippen LogP) is 3.05. The summed E-state index contributed by atoms with van der Waals surface area (Å²) in [5.74, 6) is -3.53. The molecule has 1 aliphatic rings. The van der Waals surface area contributed by atoms with E-state index in [2.05, 4.69) is 15.9 Å². The molecule has 0 bridgehead atoms. The van der Waals surface area contributed by atoms with Gasteiger partial charge in [-0.2, -0.15) is 0 Å². The van der Waals surface area contributed by atoms with Crippen LogP contribution in [0.3, 0.4) is 0 Å². The lowest BCUT2D eigenvalue weighted by Crippen LogP contribution is -2.45. The maximum absolute atomic E-state index is 13.8. The van der Waals surface area contributed by atoms with Crippen LogP contribution in [0.15, 0.2) is 16.6 Å². The average molecular weight is 362 g/mol. The number of hydrogen-bond acceptors (Lipinski definition) is 2. The molecule has 0 aliphatic carbocycles. The van der Waals surface area contributed by atoms with Gasteiger partial charge in [0.15, 0.2) is 0 Å². The zero-order chi connectivity index (χ0) is 15.8. The molecule has 0 unspecified atom stereocenters. The van der Waals surface area contributed by atoms with Gasteiger partial charge in [0, 0.05) is 17.6 Å². The molecule has 7 heteroatoms. The lowest BCUT2D eigenvalue weighted by molar-refractivity contribution is -0.150. The Morgan fingerprint density at radius 1 is 1.24 bits per heavy atom. The molecule has 2 rings (SSSR count). The monoisotopic (exact) mass is 361 g/mol. The predicted molar refractivity (Wildman–Crippen MR) is 74.9 cm³/mol. The molecule has 1 amide bonds. The van der Waals surface area contributed by atoms with Crippen LogP contribution in [-0.2, 0) is 4.79 Å². The van der Waals surface area contributed by atoms with Crippen LogP contribution in [0.4, 0.5) is 8.78 Å². The second-order valence-electron chi connectivity index (χ2n) is 5.40. The Labute approximate surface area is 128 Å². The first kappa shape index (κ1) is 15.9. The van der Waals surface area contributed by atoms with Crippen molar-refractivity contribution >= 4 is 27.8 Å². The summed E-state index contributed by atoms with van der Waals surface area (Å²) in [7, 11) is 0. The Kier molecular flexibility index (Phi) is 4.32. The third-order valence-corrected chi connectivity index (χ3v) is 4.35. The van der Waals surface area contributed by atoms with Crippen molar-refractivity contribution in [2.24, 2.45) is 5.41 Å². The minimum atomic E-state index is -0.932. The maximum atomic E-state index is 13.8. The molecule has 0 atom stereocenters. The fourth-order valence-electron chi connectivity index (χ4n) is 2.32. The van der Waals surface area contributed by atoms with E-state index in [-0.39, 0.29) is 30.4 Å². The van der Waals surface area contributed by atoms with Gasteiger partial charge in [0.25, 0.3) is 5.91 Å². The molecule has 1 aliphatic heterocycles. The number of carbonyl (C=O) groups is 2. The van der Waals surface area contributed by atoms with Gasteiger partial charge in [0.05, 0.1) is 5.41 Å². The van der Waals surface area contributed by atoms with Crippen LogP contribution >= 0.6 is 15.9 Å². The highest BCUT2D eigenvalue weighted by atomic mass is 79.9. The van der Waals surface area contributed by atoms with Crippen LogP contribution in [0, 0.1) is 17.0 Å².